The summed E-state index contributed by atoms with van der Waals surface area (Å²) < 4.78 is 7.11. The van der Waals surface area contributed by atoms with E-state index in [1.165, 1.54) is 0 Å². The monoisotopic (exact) mass is 506 g/mol. The molecular weight excluding hydrogens is 471 g/mol. The summed E-state index contributed by atoms with van der Waals surface area (Å²) in [5.74, 6) is 2.52. The SMILES string of the molecule is CCCCNC(=NCc1nnc(C)n1C)NC1CCC(C(=O)OCC)CC1.I. The highest BCUT2D eigenvalue weighted by Crippen LogP contribution is 2.25. The number of esters is 1. The minimum absolute atomic E-state index is 0. The van der Waals surface area contributed by atoms with Crippen molar-refractivity contribution < 1.29 is 9.53 Å². The van der Waals surface area contributed by atoms with Crippen molar-refractivity contribution in [3.8, 4) is 0 Å². The zero-order valence-electron chi connectivity index (χ0n) is 17.5. The molecular formula is C19H35IN6O2. The van der Waals surface area contributed by atoms with Gasteiger partial charge in [-0.05, 0) is 46.0 Å². The van der Waals surface area contributed by atoms with Crippen molar-refractivity contribution in [3.05, 3.63) is 11.6 Å². The van der Waals surface area contributed by atoms with E-state index in [0.717, 1.165) is 62.7 Å². The molecule has 9 heteroatoms. The predicted molar refractivity (Wildman–Crippen MR) is 121 cm³/mol. The van der Waals surface area contributed by atoms with Crippen LogP contribution in [-0.2, 0) is 23.1 Å². The van der Waals surface area contributed by atoms with Crippen molar-refractivity contribution in [2.45, 2.75) is 71.9 Å². The molecule has 160 valence electrons. The molecule has 28 heavy (non-hydrogen) atoms. The Morgan fingerprint density at radius 1 is 1.25 bits per heavy atom. The van der Waals surface area contributed by atoms with Crippen LogP contribution in [0.3, 0.4) is 0 Å². The Labute approximate surface area is 185 Å². The highest BCUT2D eigenvalue weighted by atomic mass is 127. The minimum Gasteiger partial charge on any atom is -0.466 e. The van der Waals surface area contributed by atoms with Gasteiger partial charge in [0.25, 0.3) is 0 Å². The standard InChI is InChI=1S/C19H34N6O2.HI/c1-5-7-12-20-19(21-13-17-24-23-14(3)25(17)4)22-16-10-8-15(9-11-16)18(26)27-6-2;/h15-16H,5-13H2,1-4H3,(H2,20,21,22);1H. The highest BCUT2D eigenvalue weighted by molar-refractivity contribution is 14.0. The first kappa shape index (κ1) is 24.6. The van der Waals surface area contributed by atoms with Crippen LogP contribution in [0.4, 0.5) is 0 Å². The Morgan fingerprint density at radius 3 is 2.54 bits per heavy atom. The molecule has 0 bridgehead atoms. The lowest BCUT2D eigenvalue weighted by molar-refractivity contribution is -0.149. The number of aliphatic imine (C=N–C) groups is 1. The second-order valence-corrected chi connectivity index (χ2v) is 7.11. The summed E-state index contributed by atoms with van der Waals surface area (Å²) in [6, 6.07) is 0.324. The lowest BCUT2D eigenvalue weighted by atomic mass is 9.86. The molecule has 0 unspecified atom stereocenters. The molecule has 1 fully saturated rings. The summed E-state index contributed by atoms with van der Waals surface area (Å²) in [4.78, 5) is 16.6. The van der Waals surface area contributed by atoms with Crippen LogP contribution in [0.25, 0.3) is 0 Å². The first-order valence-corrected chi connectivity index (χ1v) is 10.1. The van der Waals surface area contributed by atoms with Crippen LogP contribution >= 0.6 is 24.0 Å². The fourth-order valence-electron chi connectivity index (χ4n) is 3.20. The fraction of sp³-hybridized carbons (Fsp3) is 0.789. The van der Waals surface area contributed by atoms with Crippen molar-refractivity contribution in [3.63, 3.8) is 0 Å². The van der Waals surface area contributed by atoms with Crippen LogP contribution in [-0.4, -0.2) is 45.9 Å². The van der Waals surface area contributed by atoms with Crippen LogP contribution in [0.5, 0.6) is 0 Å². The Hall–Kier alpha value is -1.39. The van der Waals surface area contributed by atoms with Gasteiger partial charge in [0.05, 0.1) is 12.5 Å². The van der Waals surface area contributed by atoms with Crippen LogP contribution in [0.2, 0.25) is 0 Å². The van der Waals surface area contributed by atoms with Crippen LogP contribution in [0, 0.1) is 12.8 Å². The number of unbranched alkanes of at least 4 members (excludes halogenated alkanes) is 1. The minimum atomic E-state index is -0.0523. The molecule has 0 atom stereocenters. The maximum atomic E-state index is 11.9. The van der Waals surface area contributed by atoms with Crippen molar-refractivity contribution >= 4 is 35.9 Å². The molecule has 1 aliphatic carbocycles. The molecule has 2 N–H and O–H groups in total. The Bertz CT molecular complexity index is 626. The Kier molecular flexibility index (Phi) is 11.4. The van der Waals surface area contributed by atoms with E-state index < -0.39 is 0 Å². The van der Waals surface area contributed by atoms with Gasteiger partial charge < -0.3 is 19.9 Å². The normalized spacial score (nSPS) is 19.6. The van der Waals surface area contributed by atoms with Crippen LogP contribution in [0.1, 0.15) is 64.0 Å². The molecule has 1 aliphatic rings. The maximum Gasteiger partial charge on any atom is 0.308 e. The number of hydrogen-bond donors (Lipinski definition) is 2. The number of halogens is 1. The topological polar surface area (TPSA) is 93.4 Å². The molecule has 8 nitrogen and oxygen atoms in total. The zero-order valence-corrected chi connectivity index (χ0v) is 19.9. The second-order valence-electron chi connectivity index (χ2n) is 7.11. The van der Waals surface area contributed by atoms with E-state index in [0.29, 0.717) is 19.2 Å². The van der Waals surface area contributed by atoms with E-state index >= 15 is 0 Å². The van der Waals surface area contributed by atoms with Gasteiger partial charge in [-0.15, -0.1) is 34.2 Å². The van der Waals surface area contributed by atoms with E-state index in [1.54, 1.807) is 0 Å². The first-order valence-electron chi connectivity index (χ1n) is 10.1. The van der Waals surface area contributed by atoms with E-state index in [1.807, 2.05) is 25.5 Å². The molecule has 0 radical (unpaired) electrons. The summed E-state index contributed by atoms with van der Waals surface area (Å²) in [5, 5.41) is 15.2. The number of ether oxygens (including phenoxy) is 1. The molecule has 0 aromatic carbocycles. The molecule has 0 spiro atoms. The van der Waals surface area contributed by atoms with E-state index in [2.05, 4.69) is 27.8 Å². The van der Waals surface area contributed by atoms with E-state index in [4.69, 9.17) is 9.73 Å². The molecule has 0 saturated heterocycles. The fourth-order valence-corrected chi connectivity index (χ4v) is 3.20. The molecule has 2 rings (SSSR count). The average molecular weight is 506 g/mol. The second kappa shape index (κ2) is 12.9. The molecule has 0 amide bonds. The largest absolute Gasteiger partial charge is 0.466 e. The van der Waals surface area contributed by atoms with Gasteiger partial charge >= 0.3 is 5.97 Å². The number of guanidine groups is 1. The summed E-state index contributed by atoms with van der Waals surface area (Å²) in [6.07, 6.45) is 5.84. The lowest BCUT2D eigenvalue weighted by Crippen LogP contribution is -2.45. The quantitative estimate of drug-likeness (QED) is 0.185. The van der Waals surface area contributed by atoms with Gasteiger partial charge in [0, 0.05) is 19.6 Å². The number of carbonyl (C=O) groups excluding carboxylic acids is 1. The van der Waals surface area contributed by atoms with Crippen molar-refractivity contribution in [2.75, 3.05) is 13.2 Å². The van der Waals surface area contributed by atoms with Gasteiger partial charge in [0.1, 0.15) is 12.4 Å². The molecule has 0 aliphatic heterocycles. The molecule has 1 saturated carbocycles. The third kappa shape index (κ3) is 7.56. The van der Waals surface area contributed by atoms with Crippen molar-refractivity contribution in [2.24, 2.45) is 18.0 Å². The molecule has 1 aromatic heterocycles. The van der Waals surface area contributed by atoms with Crippen molar-refractivity contribution in [1.29, 1.82) is 0 Å². The Morgan fingerprint density at radius 2 is 1.96 bits per heavy atom. The van der Waals surface area contributed by atoms with Gasteiger partial charge in [0.15, 0.2) is 11.8 Å². The van der Waals surface area contributed by atoms with E-state index in [-0.39, 0.29) is 35.9 Å². The average Bonchev–Trinajstić information content (AvgIpc) is 2.99. The van der Waals surface area contributed by atoms with Gasteiger partial charge in [-0.3, -0.25) is 4.79 Å². The molecule has 1 heterocycles. The van der Waals surface area contributed by atoms with Gasteiger partial charge in [-0.2, -0.15) is 0 Å². The van der Waals surface area contributed by atoms with Gasteiger partial charge in [0.2, 0.25) is 0 Å². The summed E-state index contributed by atoms with van der Waals surface area (Å²) in [5.41, 5.74) is 0. The number of nitrogens with one attached hydrogen (secondary N) is 2. The van der Waals surface area contributed by atoms with Crippen LogP contribution in [0.15, 0.2) is 4.99 Å². The van der Waals surface area contributed by atoms with E-state index in [9.17, 15) is 4.79 Å². The summed E-state index contributed by atoms with van der Waals surface area (Å²) in [6.45, 7) is 7.78. The number of aromatic nitrogens is 3. The number of carbonyl (C=O) groups is 1. The van der Waals surface area contributed by atoms with Gasteiger partial charge in [-0.1, -0.05) is 13.3 Å². The maximum absolute atomic E-state index is 11.9. The number of aryl methyl sites for hydroxylation is 1. The smallest absolute Gasteiger partial charge is 0.308 e. The third-order valence-corrected chi connectivity index (χ3v) is 5.07. The van der Waals surface area contributed by atoms with Crippen molar-refractivity contribution in [1.82, 2.24) is 25.4 Å². The molecule has 1 aromatic rings. The number of hydrogen-bond acceptors (Lipinski definition) is 5. The zero-order chi connectivity index (χ0) is 19.6. The van der Waals surface area contributed by atoms with Gasteiger partial charge in [-0.25, -0.2) is 4.99 Å². The highest BCUT2D eigenvalue weighted by Gasteiger charge is 2.27. The predicted octanol–water partition coefficient (Wildman–Crippen LogP) is 2.70. The summed E-state index contributed by atoms with van der Waals surface area (Å²) >= 11 is 0. The summed E-state index contributed by atoms with van der Waals surface area (Å²) in [7, 11) is 1.95. The lowest BCUT2D eigenvalue weighted by Gasteiger charge is -2.29. The number of rotatable bonds is 8. The number of nitrogens with zero attached hydrogens (tertiary/aromatic N) is 4. The Balaban J connectivity index is 0.00000392. The first-order chi connectivity index (χ1) is 13.0. The van der Waals surface area contributed by atoms with Crippen LogP contribution < -0.4 is 10.6 Å². The third-order valence-electron chi connectivity index (χ3n) is 5.07.